The van der Waals surface area contributed by atoms with E-state index in [1.807, 2.05) is 0 Å². The van der Waals surface area contributed by atoms with Crippen molar-refractivity contribution in [2.24, 2.45) is 0 Å². The maximum atomic E-state index is 12.6. The van der Waals surface area contributed by atoms with Crippen LogP contribution in [-0.2, 0) is 10.0 Å². The van der Waals surface area contributed by atoms with Gasteiger partial charge in [-0.25, -0.2) is 13.4 Å². The topological polar surface area (TPSA) is 70.5 Å². The van der Waals surface area contributed by atoms with Gasteiger partial charge in [-0.05, 0) is 25.0 Å². The average molecular weight is 305 g/mol. The largest absolute Gasteiger partial charge is 0.395 e. The van der Waals surface area contributed by atoms with Gasteiger partial charge in [-0.1, -0.05) is 24.4 Å². The van der Waals surface area contributed by atoms with E-state index >= 15 is 0 Å². The number of rotatable bonds is 5. The predicted molar refractivity (Wildman–Crippen MR) is 72.5 cm³/mol. The summed E-state index contributed by atoms with van der Waals surface area (Å²) in [6.07, 6.45) is 5.15. The highest BCUT2D eigenvalue weighted by molar-refractivity contribution is 7.89. The first-order valence-corrected chi connectivity index (χ1v) is 8.12. The van der Waals surface area contributed by atoms with Crippen LogP contribution in [0.5, 0.6) is 0 Å². The summed E-state index contributed by atoms with van der Waals surface area (Å²) >= 11 is 5.88. The summed E-state index contributed by atoms with van der Waals surface area (Å²) in [6.45, 7) is -0.105. The number of aromatic nitrogens is 1. The van der Waals surface area contributed by atoms with E-state index in [1.165, 1.54) is 16.6 Å². The Morgan fingerprint density at radius 1 is 1.42 bits per heavy atom. The van der Waals surface area contributed by atoms with Crippen molar-refractivity contribution in [3.05, 3.63) is 23.5 Å². The molecule has 1 aliphatic carbocycles. The van der Waals surface area contributed by atoms with Crippen LogP contribution < -0.4 is 0 Å². The number of aliphatic hydroxyl groups excluding tert-OH is 1. The lowest BCUT2D eigenvalue weighted by Crippen LogP contribution is -2.40. The van der Waals surface area contributed by atoms with E-state index < -0.39 is 10.0 Å². The zero-order valence-electron chi connectivity index (χ0n) is 10.5. The van der Waals surface area contributed by atoms with E-state index in [-0.39, 0.29) is 29.2 Å². The lowest BCUT2D eigenvalue weighted by atomic mass is 10.2. The maximum absolute atomic E-state index is 12.6. The van der Waals surface area contributed by atoms with Crippen molar-refractivity contribution >= 4 is 21.6 Å². The molecule has 0 spiro atoms. The second kappa shape index (κ2) is 6.17. The van der Waals surface area contributed by atoms with Crippen LogP contribution in [0.4, 0.5) is 0 Å². The van der Waals surface area contributed by atoms with Crippen LogP contribution >= 0.6 is 11.6 Å². The fourth-order valence-corrected chi connectivity index (χ4v) is 4.59. The Morgan fingerprint density at radius 2 is 2.11 bits per heavy atom. The summed E-state index contributed by atoms with van der Waals surface area (Å²) in [4.78, 5) is 3.82. The molecule has 1 fully saturated rings. The van der Waals surface area contributed by atoms with Gasteiger partial charge in [-0.3, -0.25) is 0 Å². The molecule has 0 aromatic carbocycles. The highest BCUT2D eigenvalue weighted by atomic mass is 35.5. The van der Waals surface area contributed by atoms with Crippen molar-refractivity contribution in [3.8, 4) is 0 Å². The zero-order chi connectivity index (χ0) is 13.9. The Labute approximate surface area is 118 Å². The third kappa shape index (κ3) is 3.08. The summed E-state index contributed by atoms with van der Waals surface area (Å²) < 4.78 is 26.6. The Bertz CT molecular complexity index is 530. The van der Waals surface area contributed by atoms with Crippen molar-refractivity contribution in [1.29, 1.82) is 0 Å². The molecule has 1 heterocycles. The third-order valence-electron chi connectivity index (χ3n) is 3.36. The SMILES string of the molecule is O=S(=O)(c1cccnc1Cl)N(CCO)C1CCCC1. The molecule has 0 bridgehead atoms. The van der Waals surface area contributed by atoms with Crippen LogP contribution in [0.3, 0.4) is 0 Å². The molecule has 0 atom stereocenters. The predicted octanol–water partition coefficient (Wildman–Crippen LogP) is 1.66. The average Bonchev–Trinajstić information content (AvgIpc) is 2.89. The highest BCUT2D eigenvalue weighted by Gasteiger charge is 2.34. The van der Waals surface area contributed by atoms with Crippen LogP contribution in [0.15, 0.2) is 23.2 Å². The molecule has 0 unspecified atom stereocenters. The summed E-state index contributed by atoms with van der Waals surface area (Å²) in [5.74, 6) is 0. The molecule has 2 rings (SSSR count). The van der Waals surface area contributed by atoms with Crippen molar-refractivity contribution in [3.63, 3.8) is 0 Å². The molecule has 0 aliphatic heterocycles. The molecule has 1 aliphatic rings. The third-order valence-corrected chi connectivity index (χ3v) is 5.76. The molecule has 1 saturated carbocycles. The van der Waals surface area contributed by atoms with E-state index in [1.54, 1.807) is 6.07 Å². The van der Waals surface area contributed by atoms with Gasteiger partial charge >= 0.3 is 0 Å². The Balaban J connectivity index is 2.36. The van der Waals surface area contributed by atoms with Gasteiger partial charge in [0.2, 0.25) is 10.0 Å². The maximum Gasteiger partial charge on any atom is 0.246 e. The van der Waals surface area contributed by atoms with Gasteiger partial charge in [0.1, 0.15) is 10.0 Å². The van der Waals surface area contributed by atoms with E-state index in [0.29, 0.717) is 0 Å². The molecule has 19 heavy (non-hydrogen) atoms. The summed E-state index contributed by atoms with van der Waals surface area (Å²) in [7, 11) is -3.70. The van der Waals surface area contributed by atoms with Gasteiger partial charge in [0.05, 0.1) is 6.61 Å². The number of sulfonamides is 1. The Kier molecular flexibility index (Phi) is 4.78. The van der Waals surface area contributed by atoms with Crippen LogP contribution in [0.1, 0.15) is 25.7 Å². The number of hydrogen-bond donors (Lipinski definition) is 1. The van der Waals surface area contributed by atoms with Crippen LogP contribution in [0, 0.1) is 0 Å². The summed E-state index contributed by atoms with van der Waals surface area (Å²) in [6, 6.07) is 2.95. The lowest BCUT2D eigenvalue weighted by Gasteiger charge is -2.27. The lowest BCUT2D eigenvalue weighted by molar-refractivity contribution is 0.226. The first-order chi connectivity index (χ1) is 9.07. The van der Waals surface area contributed by atoms with E-state index in [9.17, 15) is 8.42 Å². The second-order valence-electron chi connectivity index (χ2n) is 4.57. The fraction of sp³-hybridized carbons (Fsp3) is 0.583. The normalized spacial score (nSPS) is 17.2. The van der Waals surface area contributed by atoms with Gasteiger partial charge in [-0.15, -0.1) is 0 Å². The van der Waals surface area contributed by atoms with Gasteiger partial charge < -0.3 is 5.11 Å². The molecule has 7 heteroatoms. The smallest absolute Gasteiger partial charge is 0.246 e. The van der Waals surface area contributed by atoms with Gasteiger partial charge in [0.25, 0.3) is 0 Å². The number of aliphatic hydroxyl groups is 1. The van der Waals surface area contributed by atoms with Crippen molar-refractivity contribution in [2.45, 2.75) is 36.6 Å². The Morgan fingerprint density at radius 3 is 2.68 bits per heavy atom. The number of halogens is 1. The van der Waals surface area contributed by atoms with E-state index in [2.05, 4.69) is 4.98 Å². The van der Waals surface area contributed by atoms with E-state index in [0.717, 1.165) is 25.7 Å². The minimum absolute atomic E-state index is 0.0111. The minimum atomic E-state index is -3.70. The quantitative estimate of drug-likeness (QED) is 0.840. The molecular formula is C12H17ClN2O3S. The molecular weight excluding hydrogens is 288 g/mol. The number of pyridine rings is 1. The van der Waals surface area contributed by atoms with Crippen LogP contribution in [0.2, 0.25) is 5.15 Å². The monoisotopic (exact) mass is 304 g/mol. The van der Waals surface area contributed by atoms with E-state index in [4.69, 9.17) is 16.7 Å². The van der Waals surface area contributed by atoms with Gasteiger partial charge in [0, 0.05) is 18.8 Å². The van der Waals surface area contributed by atoms with Gasteiger partial charge in [0.15, 0.2) is 0 Å². The molecule has 1 N–H and O–H groups in total. The van der Waals surface area contributed by atoms with Crippen molar-refractivity contribution in [2.75, 3.05) is 13.2 Å². The second-order valence-corrected chi connectivity index (χ2v) is 6.79. The summed E-state index contributed by atoms with van der Waals surface area (Å²) in [5.41, 5.74) is 0. The molecule has 5 nitrogen and oxygen atoms in total. The highest BCUT2D eigenvalue weighted by Crippen LogP contribution is 2.30. The van der Waals surface area contributed by atoms with Crippen molar-refractivity contribution in [1.82, 2.24) is 9.29 Å². The number of hydrogen-bond acceptors (Lipinski definition) is 4. The Hall–Kier alpha value is -0.690. The zero-order valence-corrected chi connectivity index (χ0v) is 12.1. The first kappa shape index (κ1) is 14.7. The fourth-order valence-electron chi connectivity index (χ4n) is 2.48. The van der Waals surface area contributed by atoms with Gasteiger partial charge in [-0.2, -0.15) is 4.31 Å². The molecule has 106 valence electrons. The molecule has 0 saturated heterocycles. The molecule has 1 aromatic heterocycles. The standard InChI is InChI=1S/C12H17ClN2O3S/c13-12-11(6-3-7-14-12)19(17,18)15(8-9-16)10-4-1-2-5-10/h3,6-7,10,16H,1-2,4-5,8-9H2. The van der Waals surface area contributed by atoms with Crippen LogP contribution in [0.25, 0.3) is 0 Å². The first-order valence-electron chi connectivity index (χ1n) is 6.30. The summed E-state index contributed by atoms with van der Waals surface area (Å²) in [5, 5.41) is 9.10. The molecule has 1 aromatic rings. The number of nitrogens with zero attached hydrogens (tertiary/aromatic N) is 2. The molecule has 0 amide bonds. The van der Waals surface area contributed by atoms with Crippen molar-refractivity contribution < 1.29 is 13.5 Å². The molecule has 0 radical (unpaired) electrons. The minimum Gasteiger partial charge on any atom is -0.395 e. The van der Waals surface area contributed by atoms with Crippen LogP contribution in [-0.4, -0.2) is 42.0 Å².